The number of nitrogens with zero attached hydrogens (tertiary/aromatic N) is 1. The van der Waals surface area contributed by atoms with Crippen LogP contribution in [0.1, 0.15) is 0 Å². The van der Waals surface area contributed by atoms with E-state index >= 15 is 0 Å². The molecule has 0 atom stereocenters. The van der Waals surface area contributed by atoms with E-state index in [0.717, 1.165) is 0 Å². The molecule has 0 fully saturated rings. The van der Waals surface area contributed by atoms with Crippen LogP contribution in [0.25, 0.3) is 4.85 Å². The Balaban J connectivity index is 2.60. The first-order chi connectivity index (χ1) is 3.41. The number of hydrogen-bond donors (Lipinski definition) is 1. The van der Waals surface area contributed by atoms with Gasteiger partial charge in [0.05, 0.1) is 6.61 Å². The van der Waals surface area contributed by atoms with Crippen molar-refractivity contribution < 1.29 is 5.11 Å². The van der Waals surface area contributed by atoms with Crippen molar-refractivity contribution in [1.29, 1.82) is 0 Å². The fourth-order valence-corrected chi connectivity index (χ4v) is 0.524. The van der Waals surface area contributed by atoms with Gasteiger partial charge in [0.15, 0.2) is 0 Å². The lowest BCUT2D eigenvalue weighted by Gasteiger charge is -1.83. The smallest absolute Gasteiger partial charge is 0.260 e. The highest BCUT2D eigenvalue weighted by Gasteiger charge is 1.83. The number of aliphatic hydroxyl groups is 1. The summed E-state index contributed by atoms with van der Waals surface area (Å²) < 4.78 is 0. The molecule has 7 heavy (non-hydrogen) atoms. The highest BCUT2D eigenvalue weighted by molar-refractivity contribution is 7.99. The minimum absolute atomic E-state index is 0.181. The van der Waals surface area contributed by atoms with E-state index in [0.29, 0.717) is 11.6 Å². The van der Waals surface area contributed by atoms with E-state index in [2.05, 4.69) is 4.85 Å². The van der Waals surface area contributed by atoms with Crippen LogP contribution in [0.3, 0.4) is 0 Å². The van der Waals surface area contributed by atoms with E-state index in [-0.39, 0.29) is 6.61 Å². The molecule has 40 valence electrons. The molecule has 0 saturated heterocycles. The predicted molar refractivity (Wildman–Crippen MR) is 31.0 cm³/mol. The van der Waals surface area contributed by atoms with Crippen LogP contribution < -0.4 is 0 Å². The van der Waals surface area contributed by atoms with Crippen LogP contribution in [0.15, 0.2) is 0 Å². The van der Waals surface area contributed by atoms with E-state index in [1.807, 2.05) is 0 Å². The molecule has 0 rings (SSSR count). The van der Waals surface area contributed by atoms with Gasteiger partial charge in [-0.05, 0) is 0 Å². The Labute approximate surface area is 47.4 Å². The molecule has 0 aromatic carbocycles. The van der Waals surface area contributed by atoms with Gasteiger partial charge in [0, 0.05) is 5.75 Å². The second kappa shape index (κ2) is 5.80. The summed E-state index contributed by atoms with van der Waals surface area (Å²) in [7, 11) is 0. The third-order valence-electron chi connectivity index (χ3n) is 0.391. The standard InChI is InChI=1S/C4H7NOS/c1-5-4-7-3-2-6/h6H,2-4H2. The molecule has 0 aliphatic carbocycles. The van der Waals surface area contributed by atoms with Crippen molar-refractivity contribution in [1.82, 2.24) is 0 Å². The Morgan fingerprint density at radius 1 is 1.71 bits per heavy atom. The zero-order valence-corrected chi connectivity index (χ0v) is 4.74. The molecular formula is C4H7NOS. The first-order valence-corrected chi connectivity index (χ1v) is 3.09. The van der Waals surface area contributed by atoms with E-state index in [9.17, 15) is 0 Å². The fourth-order valence-electron chi connectivity index (χ4n) is 0.175. The molecule has 3 heteroatoms. The first kappa shape index (κ1) is 6.80. The lowest BCUT2D eigenvalue weighted by molar-refractivity contribution is 0.322. The highest BCUT2D eigenvalue weighted by atomic mass is 32.2. The summed E-state index contributed by atoms with van der Waals surface area (Å²) in [4.78, 5) is 3.08. The van der Waals surface area contributed by atoms with Crippen LogP contribution in [-0.4, -0.2) is 23.3 Å². The Bertz CT molecular complexity index is 68.6. The maximum absolute atomic E-state index is 8.17. The average Bonchev–Trinajstić information content (AvgIpc) is 1.69. The van der Waals surface area contributed by atoms with Crippen molar-refractivity contribution in [3.63, 3.8) is 0 Å². The molecule has 0 spiro atoms. The Morgan fingerprint density at radius 3 is 2.86 bits per heavy atom. The molecule has 0 aromatic rings. The summed E-state index contributed by atoms with van der Waals surface area (Å²) in [5, 5.41) is 8.17. The normalized spacial score (nSPS) is 8.00. The average molecular weight is 117 g/mol. The lowest BCUT2D eigenvalue weighted by Crippen LogP contribution is -1.84. The molecule has 0 aliphatic heterocycles. The summed E-state index contributed by atoms with van der Waals surface area (Å²) >= 11 is 1.45. The molecular weight excluding hydrogens is 110 g/mol. The van der Waals surface area contributed by atoms with E-state index in [4.69, 9.17) is 11.7 Å². The van der Waals surface area contributed by atoms with Crippen molar-refractivity contribution in [3.8, 4) is 0 Å². The number of thioether (sulfide) groups is 1. The Kier molecular flexibility index (Phi) is 5.63. The summed E-state index contributed by atoms with van der Waals surface area (Å²) in [5.41, 5.74) is 0. The van der Waals surface area contributed by atoms with Crippen LogP contribution >= 0.6 is 11.8 Å². The number of rotatable bonds is 3. The Morgan fingerprint density at radius 2 is 2.43 bits per heavy atom. The van der Waals surface area contributed by atoms with Crippen LogP contribution in [-0.2, 0) is 0 Å². The molecule has 0 aromatic heterocycles. The van der Waals surface area contributed by atoms with Gasteiger partial charge in [0.2, 0.25) is 0 Å². The maximum atomic E-state index is 8.17. The van der Waals surface area contributed by atoms with Gasteiger partial charge >= 0.3 is 0 Å². The van der Waals surface area contributed by atoms with Crippen LogP contribution in [0.4, 0.5) is 0 Å². The van der Waals surface area contributed by atoms with Crippen molar-refractivity contribution in [3.05, 3.63) is 11.4 Å². The molecule has 0 unspecified atom stereocenters. The van der Waals surface area contributed by atoms with Gasteiger partial charge in [-0.1, -0.05) is 11.8 Å². The topological polar surface area (TPSA) is 24.6 Å². The SMILES string of the molecule is [C-]#[N+]CSCCO. The quantitative estimate of drug-likeness (QED) is 0.432. The van der Waals surface area contributed by atoms with Gasteiger partial charge < -0.3 is 9.95 Å². The molecule has 0 amide bonds. The van der Waals surface area contributed by atoms with Crippen LogP contribution in [0.2, 0.25) is 0 Å². The third kappa shape index (κ3) is 5.80. The second-order valence-corrected chi connectivity index (χ2v) is 1.99. The molecule has 0 saturated carbocycles. The number of hydrogen-bond acceptors (Lipinski definition) is 2. The Hall–Kier alpha value is -0.200. The van der Waals surface area contributed by atoms with Gasteiger partial charge in [0.25, 0.3) is 5.88 Å². The zero-order chi connectivity index (χ0) is 5.54. The van der Waals surface area contributed by atoms with Crippen LogP contribution in [0, 0.1) is 6.57 Å². The van der Waals surface area contributed by atoms with E-state index < -0.39 is 0 Å². The van der Waals surface area contributed by atoms with Crippen molar-refractivity contribution in [2.75, 3.05) is 18.2 Å². The minimum Gasteiger partial charge on any atom is -0.396 e. The lowest BCUT2D eigenvalue weighted by atomic mass is 10.9. The van der Waals surface area contributed by atoms with Gasteiger partial charge in [-0.3, -0.25) is 0 Å². The second-order valence-electron chi connectivity index (χ2n) is 0.919. The summed E-state index contributed by atoms with van der Waals surface area (Å²) in [6, 6.07) is 0. The first-order valence-electron chi connectivity index (χ1n) is 1.93. The zero-order valence-electron chi connectivity index (χ0n) is 3.92. The van der Waals surface area contributed by atoms with Crippen molar-refractivity contribution in [2.45, 2.75) is 0 Å². The fraction of sp³-hybridized carbons (Fsp3) is 0.750. The molecule has 0 bridgehead atoms. The van der Waals surface area contributed by atoms with Crippen LogP contribution in [0.5, 0.6) is 0 Å². The largest absolute Gasteiger partial charge is 0.396 e. The van der Waals surface area contributed by atoms with Gasteiger partial charge in [-0.2, -0.15) is 0 Å². The maximum Gasteiger partial charge on any atom is 0.260 e. The van der Waals surface area contributed by atoms with E-state index in [1.165, 1.54) is 11.8 Å². The van der Waals surface area contributed by atoms with Crippen molar-refractivity contribution in [2.24, 2.45) is 0 Å². The summed E-state index contributed by atoms with van der Waals surface area (Å²) in [5.74, 6) is 1.16. The monoisotopic (exact) mass is 117 g/mol. The number of aliphatic hydroxyl groups excluding tert-OH is 1. The van der Waals surface area contributed by atoms with Crippen molar-refractivity contribution >= 4 is 11.8 Å². The summed E-state index contributed by atoms with van der Waals surface area (Å²) in [6.07, 6.45) is 0. The molecule has 2 nitrogen and oxygen atoms in total. The molecule has 1 N–H and O–H groups in total. The van der Waals surface area contributed by atoms with Gasteiger partial charge in [-0.15, -0.1) is 0 Å². The highest BCUT2D eigenvalue weighted by Crippen LogP contribution is 1.96. The molecule has 0 heterocycles. The molecule has 0 radical (unpaired) electrons. The van der Waals surface area contributed by atoms with E-state index in [1.54, 1.807) is 0 Å². The molecule has 0 aliphatic rings. The van der Waals surface area contributed by atoms with Gasteiger partial charge in [-0.25, -0.2) is 6.57 Å². The summed E-state index contributed by atoms with van der Waals surface area (Å²) in [6.45, 7) is 6.48. The predicted octanol–water partition coefficient (Wildman–Crippen LogP) is 0.589. The van der Waals surface area contributed by atoms with Gasteiger partial charge in [0.1, 0.15) is 0 Å². The third-order valence-corrected chi connectivity index (χ3v) is 1.17. The minimum atomic E-state index is 0.181.